The third-order valence-electron chi connectivity index (χ3n) is 6.35. The molecule has 35 heavy (non-hydrogen) atoms. The van der Waals surface area contributed by atoms with Gasteiger partial charge in [0, 0.05) is 5.92 Å². The smallest absolute Gasteiger partial charge is 0.407 e. The number of carboxylic acids is 1. The van der Waals surface area contributed by atoms with Crippen LogP contribution in [-0.4, -0.2) is 54.1 Å². The van der Waals surface area contributed by atoms with Gasteiger partial charge in [0.25, 0.3) is 5.91 Å². The van der Waals surface area contributed by atoms with Crippen molar-refractivity contribution in [3.05, 3.63) is 77.2 Å². The molecular weight excluding hydrogens is 454 g/mol. The number of carbonyl (C=O) groups is 3. The SMILES string of the molecule is O=C(NCc1nocc1C(=O)NC1COCC1C(=O)O)OCC1c2ccccc2-c2ccccc21. The van der Waals surface area contributed by atoms with Gasteiger partial charge in [-0.05, 0) is 22.3 Å². The Morgan fingerprint density at radius 3 is 2.40 bits per heavy atom. The Hall–Kier alpha value is -4.18. The van der Waals surface area contributed by atoms with Crippen molar-refractivity contribution in [3.8, 4) is 11.1 Å². The minimum Gasteiger partial charge on any atom is -0.481 e. The Morgan fingerprint density at radius 2 is 1.71 bits per heavy atom. The van der Waals surface area contributed by atoms with E-state index in [1.54, 1.807) is 0 Å². The number of nitrogens with one attached hydrogen (secondary N) is 2. The van der Waals surface area contributed by atoms with Crippen LogP contribution >= 0.6 is 0 Å². The molecule has 2 amide bonds. The zero-order chi connectivity index (χ0) is 24.4. The lowest BCUT2D eigenvalue weighted by atomic mass is 9.98. The summed E-state index contributed by atoms with van der Waals surface area (Å²) in [6.07, 6.45) is 0.492. The molecule has 1 saturated heterocycles. The molecule has 3 aromatic rings. The zero-order valence-corrected chi connectivity index (χ0v) is 18.6. The first-order chi connectivity index (χ1) is 17.0. The largest absolute Gasteiger partial charge is 0.481 e. The molecule has 0 bridgehead atoms. The van der Waals surface area contributed by atoms with Gasteiger partial charge in [0.1, 0.15) is 30.0 Å². The molecule has 0 spiro atoms. The lowest BCUT2D eigenvalue weighted by Gasteiger charge is -2.15. The van der Waals surface area contributed by atoms with Gasteiger partial charge >= 0.3 is 12.1 Å². The summed E-state index contributed by atoms with van der Waals surface area (Å²) in [7, 11) is 0. The second-order valence-corrected chi connectivity index (χ2v) is 8.42. The van der Waals surface area contributed by atoms with Crippen LogP contribution in [0, 0.1) is 5.92 Å². The molecule has 1 fully saturated rings. The van der Waals surface area contributed by atoms with Gasteiger partial charge in [-0.3, -0.25) is 9.59 Å². The molecule has 0 saturated carbocycles. The van der Waals surface area contributed by atoms with E-state index in [1.807, 2.05) is 36.4 Å². The number of rotatable bonds is 7. The minimum atomic E-state index is -1.05. The molecule has 3 N–H and O–H groups in total. The molecule has 5 rings (SSSR count). The molecule has 1 aromatic heterocycles. The number of amides is 2. The summed E-state index contributed by atoms with van der Waals surface area (Å²) in [5.74, 6) is -2.51. The summed E-state index contributed by atoms with van der Waals surface area (Å²) in [5.41, 5.74) is 4.77. The molecule has 2 aliphatic rings. The van der Waals surface area contributed by atoms with E-state index < -0.39 is 29.9 Å². The van der Waals surface area contributed by atoms with Crippen LogP contribution in [0.1, 0.15) is 33.1 Å². The molecule has 0 radical (unpaired) electrons. The fraction of sp³-hybridized carbons (Fsp3) is 0.280. The predicted octanol–water partition coefficient (Wildman–Crippen LogP) is 2.54. The monoisotopic (exact) mass is 477 g/mol. The number of hydrogen-bond donors (Lipinski definition) is 3. The number of alkyl carbamates (subject to hydrolysis) is 1. The van der Waals surface area contributed by atoms with Crippen molar-refractivity contribution in [1.29, 1.82) is 0 Å². The van der Waals surface area contributed by atoms with E-state index in [0.29, 0.717) is 0 Å². The number of ether oxygens (including phenoxy) is 2. The number of hydrogen-bond acceptors (Lipinski definition) is 7. The molecule has 2 heterocycles. The first kappa shape index (κ1) is 22.6. The van der Waals surface area contributed by atoms with Crippen molar-refractivity contribution in [2.45, 2.75) is 18.5 Å². The van der Waals surface area contributed by atoms with Gasteiger partial charge in [0.15, 0.2) is 0 Å². The Bertz CT molecular complexity index is 1230. The van der Waals surface area contributed by atoms with Gasteiger partial charge < -0.3 is 29.7 Å². The maximum Gasteiger partial charge on any atom is 0.407 e. The number of fused-ring (bicyclic) bond motifs is 3. The lowest BCUT2D eigenvalue weighted by Crippen LogP contribution is -2.43. The second-order valence-electron chi connectivity index (χ2n) is 8.42. The van der Waals surface area contributed by atoms with Crippen LogP contribution in [0.15, 0.2) is 59.3 Å². The van der Waals surface area contributed by atoms with Gasteiger partial charge in [-0.2, -0.15) is 0 Å². The number of benzene rings is 2. The van der Waals surface area contributed by atoms with E-state index in [-0.39, 0.29) is 43.5 Å². The Labute approximate surface area is 200 Å². The van der Waals surface area contributed by atoms with E-state index in [2.05, 4.69) is 27.9 Å². The standard InChI is InChI=1S/C25H23N3O7/c29-23(27-22-13-33-10-20(22)24(30)31)19-12-35-28-21(19)9-26-25(32)34-11-18-16-7-3-1-5-14(16)15-6-2-4-8-17(15)18/h1-8,12,18,20,22H,9-11,13H2,(H,26,32)(H,27,29)(H,30,31). The number of nitrogens with zero attached hydrogens (tertiary/aromatic N) is 1. The van der Waals surface area contributed by atoms with Gasteiger partial charge in [-0.15, -0.1) is 0 Å². The van der Waals surface area contributed by atoms with E-state index in [1.165, 1.54) is 0 Å². The van der Waals surface area contributed by atoms with Crippen LogP contribution in [-0.2, 0) is 20.8 Å². The zero-order valence-electron chi connectivity index (χ0n) is 18.6. The first-order valence-electron chi connectivity index (χ1n) is 11.2. The van der Waals surface area contributed by atoms with Crippen molar-refractivity contribution in [2.24, 2.45) is 5.92 Å². The molecule has 2 atom stereocenters. The van der Waals surface area contributed by atoms with Crippen molar-refractivity contribution >= 4 is 18.0 Å². The molecule has 1 aliphatic heterocycles. The maximum atomic E-state index is 12.6. The summed E-state index contributed by atoms with van der Waals surface area (Å²) in [4.78, 5) is 36.3. The minimum absolute atomic E-state index is 0.0279. The average molecular weight is 477 g/mol. The third kappa shape index (κ3) is 4.47. The summed E-state index contributed by atoms with van der Waals surface area (Å²) in [6, 6.07) is 15.4. The maximum absolute atomic E-state index is 12.6. The molecule has 1 aliphatic carbocycles. The van der Waals surface area contributed by atoms with E-state index >= 15 is 0 Å². The molecule has 2 aromatic carbocycles. The summed E-state index contributed by atoms with van der Waals surface area (Å²) in [6.45, 7) is 0.186. The fourth-order valence-corrected chi connectivity index (χ4v) is 4.56. The Morgan fingerprint density at radius 1 is 1.03 bits per heavy atom. The summed E-state index contributed by atoms with van der Waals surface area (Å²) >= 11 is 0. The highest BCUT2D eigenvalue weighted by Gasteiger charge is 2.36. The van der Waals surface area contributed by atoms with Crippen LogP contribution in [0.25, 0.3) is 11.1 Å². The molecular formula is C25H23N3O7. The summed E-state index contributed by atoms with van der Waals surface area (Å²) in [5, 5.41) is 18.2. The van der Waals surface area contributed by atoms with Crippen molar-refractivity contribution in [3.63, 3.8) is 0 Å². The van der Waals surface area contributed by atoms with Crippen LogP contribution in [0.4, 0.5) is 4.79 Å². The van der Waals surface area contributed by atoms with E-state index in [9.17, 15) is 19.5 Å². The van der Waals surface area contributed by atoms with E-state index in [0.717, 1.165) is 28.5 Å². The van der Waals surface area contributed by atoms with Crippen LogP contribution in [0.3, 0.4) is 0 Å². The highest BCUT2D eigenvalue weighted by molar-refractivity contribution is 5.95. The van der Waals surface area contributed by atoms with Crippen LogP contribution in [0.2, 0.25) is 0 Å². The number of carbonyl (C=O) groups excluding carboxylic acids is 2. The molecule has 10 nitrogen and oxygen atoms in total. The van der Waals surface area contributed by atoms with Crippen molar-refractivity contribution < 1.29 is 33.5 Å². The second kappa shape index (κ2) is 9.59. The van der Waals surface area contributed by atoms with Gasteiger partial charge in [0.05, 0.1) is 25.8 Å². The quantitative estimate of drug-likeness (QED) is 0.472. The number of aromatic nitrogens is 1. The molecule has 10 heteroatoms. The van der Waals surface area contributed by atoms with Crippen molar-refractivity contribution in [1.82, 2.24) is 15.8 Å². The highest BCUT2D eigenvalue weighted by atomic mass is 16.5. The fourth-order valence-electron chi connectivity index (χ4n) is 4.56. The molecule has 2 unspecified atom stereocenters. The summed E-state index contributed by atoms with van der Waals surface area (Å²) < 4.78 is 15.6. The first-order valence-corrected chi connectivity index (χ1v) is 11.2. The average Bonchev–Trinajstić information content (AvgIpc) is 3.59. The van der Waals surface area contributed by atoms with Crippen LogP contribution < -0.4 is 10.6 Å². The molecule has 180 valence electrons. The number of aliphatic carboxylic acids is 1. The van der Waals surface area contributed by atoms with Crippen LogP contribution in [0.5, 0.6) is 0 Å². The van der Waals surface area contributed by atoms with Gasteiger partial charge in [-0.1, -0.05) is 53.7 Å². The lowest BCUT2D eigenvalue weighted by molar-refractivity contribution is -0.142. The highest BCUT2D eigenvalue weighted by Crippen LogP contribution is 2.44. The third-order valence-corrected chi connectivity index (χ3v) is 6.35. The number of carboxylic acid groups (broad SMARTS) is 1. The van der Waals surface area contributed by atoms with Crippen molar-refractivity contribution in [2.75, 3.05) is 19.8 Å². The Balaban J connectivity index is 1.18. The predicted molar refractivity (Wildman–Crippen MR) is 122 cm³/mol. The topological polar surface area (TPSA) is 140 Å². The van der Waals surface area contributed by atoms with Gasteiger partial charge in [-0.25, -0.2) is 4.79 Å². The normalized spacial score (nSPS) is 18.5. The van der Waals surface area contributed by atoms with E-state index in [4.69, 9.17) is 14.0 Å². The van der Waals surface area contributed by atoms with Gasteiger partial charge in [0.2, 0.25) is 0 Å². The Kier molecular flexibility index (Phi) is 6.19.